The van der Waals surface area contributed by atoms with Crippen molar-refractivity contribution in [3.8, 4) is 11.5 Å². The number of carbonyl (C=O) groups excluding carboxylic acids is 3. The monoisotopic (exact) mass is 427 g/mol. The zero-order valence-electron chi connectivity index (χ0n) is 16.7. The van der Waals surface area contributed by atoms with Gasteiger partial charge >= 0.3 is 11.9 Å². The maximum absolute atomic E-state index is 12.1. The first-order chi connectivity index (χ1) is 14.7. The maximum atomic E-state index is 12.1. The molecule has 11 nitrogen and oxygen atoms in total. The number of hydrogen-bond donors (Lipinski definition) is 0. The Morgan fingerprint density at radius 3 is 2.13 bits per heavy atom. The van der Waals surface area contributed by atoms with Crippen molar-refractivity contribution in [1.82, 2.24) is 5.01 Å². The summed E-state index contributed by atoms with van der Waals surface area (Å²) in [5, 5.41) is 16.5. The van der Waals surface area contributed by atoms with Crippen LogP contribution in [-0.4, -0.2) is 33.7 Å². The van der Waals surface area contributed by atoms with Gasteiger partial charge in [0.2, 0.25) is 18.0 Å². The fourth-order valence-electron chi connectivity index (χ4n) is 2.89. The average molecular weight is 427 g/mol. The number of nitrogens with zero attached hydrogens (tertiary/aromatic N) is 3. The van der Waals surface area contributed by atoms with E-state index < -0.39 is 29.0 Å². The lowest BCUT2D eigenvalue weighted by atomic mass is 10.1. The van der Waals surface area contributed by atoms with E-state index in [1.165, 1.54) is 57.2 Å². The minimum absolute atomic E-state index is 0.0519. The van der Waals surface area contributed by atoms with Crippen molar-refractivity contribution in [3.63, 3.8) is 0 Å². The van der Waals surface area contributed by atoms with Crippen LogP contribution in [0.15, 0.2) is 47.6 Å². The van der Waals surface area contributed by atoms with Crippen LogP contribution in [0.3, 0.4) is 0 Å². The molecule has 31 heavy (non-hydrogen) atoms. The smallest absolute Gasteiger partial charge is 0.308 e. The zero-order valence-corrected chi connectivity index (χ0v) is 16.7. The zero-order chi connectivity index (χ0) is 22.7. The summed E-state index contributed by atoms with van der Waals surface area (Å²) >= 11 is 0. The van der Waals surface area contributed by atoms with Crippen molar-refractivity contribution in [3.05, 3.63) is 63.7 Å². The highest BCUT2D eigenvalue weighted by Gasteiger charge is 2.37. The van der Waals surface area contributed by atoms with E-state index in [-0.39, 0.29) is 34.2 Å². The lowest BCUT2D eigenvalue weighted by Crippen LogP contribution is -2.25. The molecule has 0 N–H and O–H groups in total. The minimum atomic E-state index is -1.19. The van der Waals surface area contributed by atoms with Gasteiger partial charge in [0.1, 0.15) is 11.5 Å². The number of esters is 2. The molecule has 0 unspecified atom stereocenters. The lowest BCUT2D eigenvalue weighted by Gasteiger charge is -2.19. The molecule has 0 aliphatic carbocycles. The third kappa shape index (κ3) is 4.83. The van der Waals surface area contributed by atoms with Crippen LogP contribution in [0.1, 0.15) is 38.1 Å². The van der Waals surface area contributed by atoms with Crippen LogP contribution in [0.4, 0.5) is 5.69 Å². The van der Waals surface area contributed by atoms with E-state index in [0.717, 1.165) is 5.01 Å². The molecule has 1 aliphatic heterocycles. The molecule has 0 saturated heterocycles. The summed E-state index contributed by atoms with van der Waals surface area (Å²) in [5.74, 6) is -1.71. The first-order valence-corrected chi connectivity index (χ1v) is 8.96. The summed E-state index contributed by atoms with van der Waals surface area (Å²) in [4.78, 5) is 45.7. The summed E-state index contributed by atoms with van der Waals surface area (Å²) in [7, 11) is 0. The molecule has 1 aliphatic rings. The van der Waals surface area contributed by atoms with Crippen molar-refractivity contribution in [2.75, 3.05) is 0 Å². The average Bonchev–Trinajstić information content (AvgIpc) is 3.12. The molecule has 3 rings (SSSR count). The number of hydrazone groups is 1. The molecule has 0 bridgehead atoms. The molecular weight excluding hydrogens is 410 g/mol. The van der Waals surface area contributed by atoms with E-state index in [9.17, 15) is 24.5 Å². The molecule has 1 atom stereocenters. The van der Waals surface area contributed by atoms with Crippen LogP contribution >= 0.6 is 0 Å². The first kappa shape index (κ1) is 21.4. The van der Waals surface area contributed by atoms with Crippen molar-refractivity contribution >= 4 is 29.4 Å². The van der Waals surface area contributed by atoms with Gasteiger partial charge in [-0.05, 0) is 18.2 Å². The van der Waals surface area contributed by atoms with E-state index in [1.807, 2.05) is 0 Å². The molecule has 0 saturated carbocycles. The standard InChI is InChI=1S/C20H17N3O8/c1-11(24)22-20(17-6-4-5-7-18(17)23(27)28)31-19(21-22)14-8-15(29-12(2)25)10-16(9-14)30-13(3)26/h4-10,20H,1-3H3/t20-/m1/s1. The highest BCUT2D eigenvalue weighted by atomic mass is 16.6. The fourth-order valence-corrected chi connectivity index (χ4v) is 2.89. The molecule has 1 heterocycles. The highest BCUT2D eigenvalue weighted by molar-refractivity contribution is 5.97. The van der Waals surface area contributed by atoms with Gasteiger partial charge in [0.05, 0.1) is 10.5 Å². The number of para-hydroxylation sites is 1. The largest absolute Gasteiger partial charge is 0.445 e. The number of rotatable bonds is 5. The Bertz CT molecular complexity index is 1080. The second-order valence-corrected chi connectivity index (χ2v) is 6.44. The molecule has 160 valence electrons. The third-order valence-corrected chi connectivity index (χ3v) is 4.02. The van der Waals surface area contributed by atoms with Gasteiger partial charge in [0.15, 0.2) is 0 Å². The summed E-state index contributed by atoms with van der Waals surface area (Å²) in [6.07, 6.45) is -1.19. The third-order valence-electron chi connectivity index (χ3n) is 4.02. The van der Waals surface area contributed by atoms with Crippen LogP contribution in [0.2, 0.25) is 0 Å². The quantitative estimate of drug-likeness (QED) is 0.307. The summed E-state index contributed by atoms with van der Waals surface area (Å²) in [5.41, 5.74) is 0.101. The predicted molar refractivity (Wildman–Crippen MR) is 105 cm³/mol. The van der Waals surface area contributed by atoms with Crippen LogP contribution in [0.25, 0.3) is 0 Å². The number of benzene rings is 2. The number of carbonyl (C=O) groups is 3. The SMILES string of the molecule is CC(=O)Oc1cc(OC(C)=O)cc(C2=NN(C(C)=O)[C@@H](c3ccccc3[N+](=O)[O-])O2)c1. The van der Waals surface area contributed by atoms with Gasteiger partial charge in [0.25, 0.3) is 5.69 Å². The molecule has 0 radical (unpaired) electrons. The fraction of sp³-hybridized carbons (Fsp3) is 0.200. The lowest BCUT2D eigenvalue weighted by molar-refractivity contribution is -0.386. The van der Waals surface area contributed by atoms with Crippen molar-refractivity contribution in [2.45, 2.75) is 27.0 Å². The van der Waals surface area contributed by atoms with Gasteiger partial charge in [0, 0.05) is 38.5 Å². The Labute approximate surface area is 176 Å². The number of nitro groups is 1. The molecular formula is C20H17N3O8. The topological polar surface area (TPSA) is 138 Å². The van der Waals surface area contributed by atoms with E-state index >= 15 is 0 Å². The van der Waals surface area contributed by atoms with Crippen molar-refractivity contribution in [1.29, 1.82) is 0 Å². The second kappa shape index (κ2) is 8.61. The van der Waals surface area contributed by atoms with Crippen LogP contribution < -0.4 is 9.47 Å². The van der Waals surface area contributed by atoms with Gasteiger partial charge in [-0.15, -0.1) is 5.10 Å². The van der Waals surface area contributed by atoms with Crippen LogP contribution in [0, 0.1) is 10.1 Å². The Kier molecular flexibility index (Phi) is 5.95. The predicted octanol–water partition coefficient (Wildman–Crippen LogP) is 2.68. The molecule has 0 fully saturated rings. The first-order valence-electron chi connectivity index (χ1n) is 8.96. The van der Waals surface area contributed by atoms with Gasteiger partial charge in [-0.25, -0.2) is 0 Å². The van der Waals surface area contributed by atoms with E-state index in [0.29, 0.717) is 0 Å². The van der Waals surface area contributed by atoms with Crippen LogP contribution in [0.5, 0.6) is 11.5 Å². The van der Waals surface area contributed by atoms with E-state index in [1.54, 1.807) is 6.07 Å². The summed E-state index contributed by atoms with van der Waals surface area (Å²) < 4.78 is 15.9. The Morgan fingerprint density at radius 1 is 1.03 bits per heavy atom. The molecule has 2 aromatic rings. The van der Waals surface area contributed by atoms with Gasteiger partial charge in [-0.2, -0.15) is 5.01 Å². The number of amides is 1. The molecule has 11 heteroatoms. The number of ether oxygens (including phenoxy) is 3. The van der Waals surface area contributed by atoms with E-state index in [4.69, 9.17) is 14.2 Å². The molecule has 1 amide bonds. The Morgan fingerprint density at radius 2 is 1.61 bits per heavy atom. The minimum Gasteiger partial charge on any atom is -0.445 e. The second-order valence-electron chi connectivity index (χ2n) is 6.44. The normalized spacial score (nSPS) is 15.0. The number of hydrogen-bond acceptors (Lipinski definition) is 9. The van der Waals surface area contributed by atoms with Gasteiger partial charge in [-0.3, -0.25) is 24.5 Å². The Hall–Kier alpha value is -4.28. The molecule has 0 spiro atoms. The summed E-state index contributed by atoms with van der Waals surface area (Å²) in [6, 6.07) is 9.92. The molecule has 0 aromatic heterocycles. The van der Waals surface area contributed by atoms with E-state index in [2.05, 4.69) is 5.10 Å². The summed E-state index contributed by atoms with van der Waals surface area (Å²) in [6.45, 7) is 3.63. The number of nitro benzene ring substituents is 1. The highest BCUT2D eigenvalue weighted by Crippen LogP contribution is 2.36. The van der Waals surface area contributed by atoms with Crippen LogP contribution in [-0.2, 0) is 19.1 Å². The Balaban J connectivity index is 2.04. The van der Waals surface area contributed by atoms with Gasteiger partial charge < -0.3 is 14.2 Å². The van der Waals surface area contributed by atoms with Gasteiger partial charge in [-0.1, -0.05) is 12.1 Å². The maximum Gasteiger partial charge on any atom is 0.308 e. The van der Waals surface area contributed by atoms with Crippen molar-refractivity contribution < 1.29 is 33.5 Å². The molecule has 2 aromatic carbocycles. The van der Waals surface area contributed by atoms with Crippen molar-refractivity contribution in [2.24, 2.45) is 5.10 Å².